The van der Waals surface area contributed by atoms with Crippen LogP contribution in [-0.4, -0.2) is 44.5 Å². The van der Waals surface area contributed by atoms with Gasteiger partial charge in [-0.05, 0) is 48.2 Å². The predicted octanol–water partition coefficient (Wildman–Crippen LogP) is 3.80. The van der Waals surface area contributed by atoms with Crippen molar-refractivity contribution in [1.82, 2.24) is 10.2 Å². The molecule has 178 valence electrons. The van der Waals surface area contributed by atoms with Crippen molar-refractivity contribution in [3.63, 3.8) is 0 Å². The number of carboxylic acids is 1. The molecule has 2 aliphatic heterocycles. The van der Waals surface area contributed by atoms with E-state index in [1.807, 2.05) is 24.3 Å². The van der Waals surface area contributed by atoms with Gasteiger partial charge < -0.3 is 10.2 Å². The Bertz CT molecular complexity index is 1110. The number of fused-ring (bicyclic) bond motifs is 1. The highest BCUT2D eigenvalue weighted by Gasteiger charge is 2.69. The minimum atomic E-state index is -1.64. The number of amides is 2. The van der Waals surface area contributed by atoms with Gasteiger partial charge in [0.15, 0.2) is 0 Å². The third-order valence-corrected chi connectivity index (χ3v) is 8.19. The number of benzene rings is 2. The molecule has 5 rings (SSSR count). The normalized spacial score (nSPS) is 29.4. The van der Waals surface area contributed by atoms with Gasteiger partial charge in [0.1, 0.15) is 11.3 Å². The van der Waals surface area contributed by atoms with Crippen LogP contribution in [0.2, 0.25) is 0 Å². The van der Waals surface area contributed by atoms with Crippen molar-refractivity contribution in [3.8, 4) is 5.75 Å². The van der Waals surface area contributed by atoms with E-state index in [1.165, 1.54) is 17.0 Å². The number of hydrogen-bond acceptors (Lipinski definition) is 5. The number of carboxylic acid groups (broad SMARTS) is 1. The lowest BCUT2D eigenvalue weighted by atomic mass is 9.76. The molecule has 2 aromatic carbocycles. The van der Waals surface area contributed by atoms with Gasteiger partial charge in [-0.3, -0.25) is 24.6 Å². The average molecular weight is 527 g/mol. The maximum atomic E-state index is 13.8. The van der Waals surface area contributed by atoms with Crippen molar-refractivity contribution < 1.29 is 24.6 Å². The number of likely N-dealkylation sites (tertiary alicyclic amines) is 1. The molecule has 2 heterocycles. The molecule has 3 N–H and O–H groups in total. The molecular formula is C26H27BrN2O5. The number of rotatable bonds is 5. The van der Waals surface area contributed by atoms with E-state index < -0.39 is 29.4 Å². The molecule has 7 nitrogen and oxygen atoms in total. The molecule has 8 heteroatoms. The molecule has 0 bridgehead atoms. The maximum Gasteiger partial charge on any atom is 0.325 e. The van der Waals surface area contributed by atoms with Gasteiger partial charge >= 0.3 is 5.97 Å². The fraction of sp³-hybridized carbons (Fsp3) is 0.423. The summed E-state index contributed by atoms with van der Waals surface area (Å²) in [7, 11) is 0. The summed E-state index contributed by atoms with van der Waals surface area (Å²) in [5.74, 6) is -3.52. The first-order valence-corrected chi connectivity index (χ1v) is 12.5. The van der Waals surface area contributed by atoms with Crippen LogP contribution in [0.5, 0.6) is 5.75 Å². The smallest absolute Gasteiger partial charge is 0.325 e. The van der Waals surface area contributed by atoms with Crippen LogP contribution >= 0.6 is 15.9 Å². The molecule has 2 aromatic rings. The van der Waals surface area contributed by atoms with Gasteiger partial charge in [0, 0.05) is 23.0 Å². The second kappa shape index (κ2) is 8.82. The van der Waals surface area contributed by atoms with Crippen LogP contribution in [0.1, 0.15) is 49.3 Å². The Morgan fingerprint density at radius 1 is 1.00 bits per heavy atom. The molecule has 1 saturated carbocycles. The van der Waals surface area contributed by atoms with E-state index >= 15 is 0 Å². The van der Waals surface area contributed by atoms with Gasteiger partial charge in [-0.15, -0.1) is 0 Å². The van der Waals surface area contributed by atoms with Crippen LogP contribution in [0.4, 0.5) is 0 Å². The lowest BCUT2D eigenvalue weighted by Gasteiger charge is -2.34. The fourth-order valence-corrected chi connectivity index (χ4v) is 6.32. The van der Waals surface area contributed by atoms with E-state index in [-0.39, 0.29) is 30.0 Å². The van der Waals surface area contributed by atoms with Crippen LogP contribution < -0.4 is 5.32 Å². The molecule has 0 aromatic heterocycles. The number of phenolic OH excluding ortho intramolecular Hbond substituents is 1. The topological polar surface area (TPSA) is 107 Å². The zero-order valence-corrected chi connectivity index (χ0v) is 20.2. The van der Waals surface area contributed by atoms with Gasteiger partial charge in [0.05, 0.1) is 11.8 Å². The van der Waals surface area contributed by atoms with Crippen molar-refractivity contribution in [2.45, 2.75) is 56.1 Å². The summed E-state index contributed by atoms with van der Waals surface area (Å²) in [5, 5.41) is 23.4. The maximum absolute atomic E-state index is 13.8. The molecular weight excluding hydrogens is 500 g/mol. The second-order valence-electron chi connectivity index (χ2n) is 9.64. The van der Waals surface area contributed by atoms with Gasteiger partial charge in [0.2, 0.25) is 11.8 Å². The first kappa shape index (κ1) is 23.1. The highest BCUT2D eigenvalue weighted by molar-refractivity contribution is 9.10. The molecule has 34 heavy (non-hydrogen) atoms. The van der Waals surface area contributed by atoms with Crippen LogP contribution in [0.25, 0.3) is 0 Å². The molecule has 0 spiro atoms. The van der Waals surface area contributed by atoms with E-state index in [0.717, 1.165) is 42.1 Å². The summed E-state index contributed by atoms with van der Waals surface area (Å²) in [4.78, 5) is 41.9. The molecule has 3 fully saturated rings. The number of halogens is 1. The highest BCUT2D eigenvalue weighted by Crippen LogP contribution is 2.51. The van der Waals surface area contributed by atoms with Crippen molar-refractivity contribution in [2.24, 2.45) is 11.8 Å². The van der Waals surface area contributed by atoms with Gasteiger partial charge in [-0.2, -0.15) is 0 Å². The molecule has 4 atom stereocenters. The highest BCUT2D eigenvalue weighted by atomic mass is 79.9. The number of hydrogen-bond donors (Lipinski definition) is 3. The fourth-order valence-electron chi connectivity index (χ4n) is 6.05. The van der Waals surface area contributed by atoms with Crippen LogP contribution in [0.15, 0.2) is 53.0 Å². The van der Waals surface area contributed by atoms with Crippen molar-refractivity contribution in [3.05, 3.63) is 64.1 Å². The summed E-state index contributed by atoms with van der Waals surface area (Å²) >= 11 is 3.42. The molecule has 2 saturated heterocycles. The van der Waals surface area contributed by atoms with E-state index in [4.69, 9.17) is 0 Å². The van der Waals surface area contributed by atoms with Gasteiger partial charge in [-0.1, -0.05) is 59.5 Å². The molecule has 1 aliphatic carbocycles. The quantitative estimate of drug-likeness (QED) is 0.511. The summed E-state index contributed by atoms with van der Waals surface area (Å²) in [6.45, 7) is 0. The van der Waals surface area contributed by atoms with E-state index in [9.17, 15) is 24.6 Å². The summed E-state index contributed by atoms with van der Waals surface area (Å²) in [6, 6.07) is 13.0. The molecule has 0 radical (unpaired) electrons. The second-order valence-corrected chi connectivity index (χ2v) is 10.6. The lowest BCUT2D eigenvalue weighted by Crippen LogP contribution is -2.58. The van der Waals surface area contributed by atoms with Crippen molar-refractivity contribution in [1.29, 1.82) is 0 Å². The monoisotopic (exact) mass is 526 g/mol. The summed E-state index contributed by atoms with van der Waals surface area (Å²) in [6.07, 6.45) is 4.57. The Hall–Kier alpha value is -2.71. The predicted molar refractivity (Wildman–Crippen MR) is 128 cm³/mol. The average Bonchev–Trinajstić information content (AvgIpc) is 3.31. The number of aliphatic carboxylic acids is 1. The Kier molecular flexibility index (Phi) is 5.98. The third kappa shape index (κ3) is 3.73. The Morgan fingerprint density at radius 2 is 1.65 bits per heavy atom. The SMILES string of the molecule is O=C1C2C(c3ccc(Br)cc3)NC(Cc3ccc(O)cc3)(C(=O)O)C2C(=O)N1C1CCCCC1. The first-order chi connectivity index (χ1) is 16.3. The standard InChI is InChI=1S/C26H27BrN2O5/c27-17-10-8-16(9-11-17)22-20-21(24(32)29(23(20)31)18-4-2-1-3-5-18)26(28-22,25(33)34)14-15-6-12-19(30)13-7-15/h6-13,18,20-22,28,30H,1-5,14H2,(H,33,34). The number of carbonyl (C=O) groups is 3. The largest absolute Gasteiger partial charge is 0.508 e. The van der Waals surface area contributed by atoms with E-state index in [1.54, 1.807) is 12.1 Å². The number of carbonyl (C=O) groups excluding carboxylic acids is 2. The molecule has 2 amide bonds. The van der Waals surface area contributed by atoms with E-state index in [0.29, 0.717) is 5.56 Å². The number of nitrogens with zero attached hydrogens (tertiary/aromatic N) is 1. The van der Waals surface area contributed by atoms with Crippen LogP contribution in [0, 0.1) is 11.8 Å². The van der Waals surface area contributed by atoms with Gasteiger partial charge in [0.25, 0.3) is 0 Å². The minimum Gasteiger partial charge on any atom is -0.508 e. The summed E-state index contributed by atoms with van der Waals surface area (Å²) in [5.41, 5.74) is -0.201. The van der Waals surface area contributed by atoms with Crippen molar-refractivity contribution >= 4 is 33.7 Å². The zero-order chi connectivity index (χ0) is 24.0. The number of imide groups is 1. The lowest BCUT2D eigenvalue weighted by molar-refractivity contribution is -0.152. The Labute approximate surface area is 206 Å². The minimum absolute atomic E-state index is 0.0222. The zero-order valence-electron chi connectivity index (χ0n) is 18.6. The molecule has 3 aliphatic rings. The number of aromatic hydroxyl groups is 1. The third-order valence-electron chi connectivity index (χ3n) is 7.66. The first-order valence-electron chi connectivity index (χ1n) is 11.7. The van der Waals surface area contributed by atoms with Crippen molar-refractivity contribution in [2.75, 3.05) is 0 Å². The van der Waals surface area contributed by atoms with Crippen LogP contribution in [-0.2, 0) is 20.8 Å². The van der Waals surface area contributed by atoms with Gasteiger partial charge in [-0.25, -0.2) is 0 Å². The summed E-state index contributed by atoms with van der Waals surface area (Å²) < 4.78 is 0.872. The number of phenols is 1. The molecule has 4 unspecified atom stereocenters. The van der Waals surface area contributed by atoms with Crippen LogP contribution in [0.3, 0.4) is 0 Å². The Balaban J connectivity index is 1.60. The number of nitrogens with one attached hydrogen (secondary N) is 1. The van der Waals surface area contributed by atoms with E-state index in [2.05, 4.69) is 21.2 Å². The Morgan fingerprint density at radius 3 is 2.26 bits per heavy atom.